The van der Waals surface area contributed by atoms with E-state index in [0.29, 0.717) is 41.5 Å². The molecule has 39 heavy (non-hydrogen) atoms. The lowest BCUT2D eigenvalue weighted by Gasteiger charge is -2.37. The van der Waals surface area contributed by atoms with Gasteiger partial charge in [0.2, 0.25) is 5.91 Å². The zero-order valence-corrected chi connectivity index (χ0v) is 21.6. The summed E-state index contributed by atoms with van der Waals surface area (Å²) in [6, 6.07) is 16.4. The van der Waals surface area contributed by atoms with Crippen LogP contribution >= 0.6 is 0 Å². The largest absolute Gasteiger partial charge is 0.416 e. The Morgan fingerprint density at radius 1 is 0.949 bits per heavy atom. The number of nitrogens with zero attached hydrogens (tertiary/aromatic N) is 2. The minimum absolute atomic E-state index is 0.236. The van der Waals surface area contributed by atoms with E-state index in [4.69, 9.17) is 5.11 Å². The van der Waals surface area contributed by atoms with Gasteiger partial charge in [0.05, 0.1) is 5.56 Å². The van der Waals surface area contributed by atoms with Gasteiger partial charge in [0.15, 0.2) is 0 Å². The van der Waals surface area contributed by atoms with Gasteiger partial charge in [-0.25, -0.2) is 0 Å². The molecule has 0 spiro atoms. The number of hydrogen-bond donors (Lipinski definition) is 2. The van der Waals surface area contributed by atoms with E-state index in [9.17, 15) is 22.8 Å². The average molecular weight is 538 g/mol. The van der Waals surface area contributed by atoms with Gasteiger partial charge in [-0.3, -0.25) is 14.5 Å². The van der Waals surface area contributed by atoms with Crippen molar-refractivity contribution in [3.8, 4) is 11.1 Å². The molecule has 2 aliphatic rings. The second-order valence-electron chi connectivity index (χ2n) is 10.1. The fourth-order valence-electron chi connectivity index (χ4n) is 5.63. The number of anilines is 1. The average Bonchev–Trinajstić information content (AvgIpc) is 3.35. The molecule has 6 nitrogen and oxygen atoms in total. The van der Waals surface area contributed by atoms with Crippen molar-refractivity contribution in [3.05, 3.63) is 88.5 Å². The fraction of sp³-hybridized carbons (Fsp3) is 0.333. The molecule has 1 atom stereocenters. The Morgan fingerprint density at radius 3 is 2.31 bits per heavy atom. The monoisotopic (exact) mass is 537 g/mol. The van der Waals surface area contributed by atoms with E-state index < -0.39 is 18.3 Å². The SMILES string of the molecule is Cc1cccc(C(=O)Nc2ccc3c(c2)CC(N2CCN(C(=O)CO)CC2)C3)c1-c1ccc(C(F)(F)F)cc1. The Kier molecular flexibility index (Phi) is 7.46. The Morgan fingerprint density at radius 2 is 1.64 bits per heavy atom. The first kappa shape index (κ1) is 26.9. The van der Waals surface area contributed by atoms with Crippen molar-refractivity contribution in [1.82, 2.24) is 9.80 Å². The van der Waals surface area contributed by atoms with Crippen LogP contribution in [0, 0.1) is 6.92 Å². The second-order valence-corrected chi connectivity index (χ2v) is 10.1. The number of hydrogen-bond acceptors (Lipinski definition) is 4. The molecule has 3 aromatic carbocycles. The Balaban J connectivity index is 1.29. The number of fused-ring (bicyclic) bond motifs is 1. The highest BCUT2D eigenvalue weighted by Crippen LogP contribution is 2.34. The van der Waals surface area contributed by atoms with Crippen LogP contribution in [0.25, 0.3) is 11.1 Å². The van der Waals surface area contributed by atoms with E-state index in [1.165, 1.54) is 23.3 Å². The van der Waals surface area contributed by atoms with E-state index >= 15 is 0 Å². The molecule has 2 amide bonds. The zero-order chi connectivity index (χ0) is 27.7. The summed E-state index contributed by atoms with van der Waals surface area (Å²) < 4.78 is 39.1. The number of aliphatic hydroxyl groups is 1. The summed E-state index contributed by atoms with van der Waals surface area (Å²) in [5, 5.41) is 12.1. The van der Waals surface area contributed by atoms with Crippen molar-refractivity contribution in [2.24, 2.45) is 0 Å². The lowest BCUT2D eigenvalue weighted by atomic mass is 9.93. The minimum atomic E-state index is -4.43. The van der Waals surface area contributed by atoms with E-state index in [-0.39, 0.29) is 11.8 Å². The first-order valence-electron chi connectivity index (χ1n) is 13.0. The second kappa shape index (κ2) is 10.8. The van der Waals surface area contributed by atoms with Crippen LogP contribution in [-0.4, -0.2) is 65.5 Å². The number of alkyl halides is 3. The van der Waals surface area contributed by atoms with Gasteiger partial charge in [-0.15, -0.1) is 0 Å². The number of halogens is 3. The third-order valence-corrected chi connectivity index (χ3v) is 7.71. The van der Waals surface area contributed by atoms with Crippen molar-refractivity contribution in [3.63, 3.8) is 0 Å². The van der Waals surface area contributed by atoms with Crippen LogP contribution in [0.1, 0.15) is 32.6 Å². The van der Waals surface area contributed by atoms with Crippen molar-refractivity contribution < 1.29 is 27.9 Å². The predicted octanol–water partition coefficient (Wildman–Crippen LogP) is 4.54. The molecule has 1 fully saturated rings. The summed E-state index contributed by atoms with van der Waals surface area (Å²) in [6.45, 7) is 4.09. The predicted molar refractivity (Wildman–Crippen MR) is 142 cm³/mol. The molecular weight excluding hydrogens is 507 g/mol. The first-order valence-corrected chi connectivity index (χ1v) is 13.0. The van der Waals surface area contributed by atoms with Crippen LogP contribution in [0.15, 0.2) is 60.7 Å². The standard InChI is InChI=1S/C30H30F3N3O3/c1-19-3-2-4-26(28(19)20-5-8-23(9-6-20)30(31,32)33)29(39)34-24-10-7-21-16-25(17-22(21)15-24)35-11-13-36(14-12-35)27(38)18-37/h2-10,15,25,37H,11-14,16-18H2,1H3,(H,34,39). The summed E-state index contributed by atoms with van der Waals surface area (Å²) >= 11 is 0. The van der Waals surface area contributed by atoms with Gasteiger partial charge in [0.1, 0.15) is 6.61 Å². The third-order valence-electron chi connectivity index (χ3n) is 7.71. The number of piperazine rings is 1. The van der Waals surface area contributed by atoms with Gasteiger partial charge in [-0.2, -0.15) is 13.2 Å². The summed E-state index contributed by atoms with van der Waals surface area (Å²) in [5.41, 5.74) is 4.66. The molecule has 204 valence electrons. The number of amides is 2. The Bertz CT molecular complexity index is 1380. The topological polar surface area (TPSA) is 72.9 Å². The molecule has 1 heterocycles. The number of aryl methyl sites for hydroxylation is 1. The van der Waals surface area contributed by atoms with Crippen LogP contribution < -0.4 is 5.32 Å². The maximum Gasteiger partial charge on any atom is 0.416 e. The maximum atomic E-state index is 13.4. The lowest BCUT2D eigenvalue weighted by molar-refractivity contribution is -0.137. The van der Waals surface area contributed by atoms with E-state index in [0.717, 1.165) is 43.6 Å². The molecule has 2 N–H and O–H groups in total. The van der Waals surface area contributed by atoms with Crippen LogP contribution in [0.4, 0.5) is 18.9 Å². The summed E-state index contributed by atoms with van der Waals surface area (Å²) in [4.78, 5) is 29.2. The van der Waals surface area contributed by atoms with Gasteiger partial charge in [-0.05, 0) is 77.9 Å². The quantitative estimate of drug-likeness (QED) is 0.502. The van der Waals surface area contributed by atoms with E-state index in [1.54, 1.807) is 17.0 Å². The summed E-state index contributed by atoms with van der Waals surface area (Å²) in [7, 11) is 0. The number of benzene rings is 3. The number of rotatable bonds is 5. The fourth-order valence-corrected chi connectivity index (χ4v) is 5.63. The highest BCUT2D eigenvalue weighted by Gasteiger charge is 2.31. The third kappa shape index (κ3) is 5.69. The van der Waals surface area contributed by atoms with Crippen molar-refractivity contribution >= 4 is 17.5 Å². The molecule has 1 aliphatic carbocycles. The van der Waals surface area contributed by atoms with Crippen molar-refractivity contribution in [1.29, 1.82) is 0 Å². The van der Waals surface area contributed by atoms with Crippen molar-refractivity contribution in [2.45, 2.75) is 32.0 Å². The number of nitrogens with one attached hydrogen (secondary N) is 1. The van der Waals surface area contributed by atoms with Gasteiger partial charge >= 0.3 is 6.18 Å². The Labute approximate surface area is 225 Å². The van der Waals surface area contributed by atoms with Crippen molar-refractivity contribution in [2.75, 3.05) is 38.1 Å². The molecular formula is C30H30F3N3O3. The van der Waals surface area contributed by atoms with Crippen LogP contribution in [0.5, 0.6) is 0 Å². The molecule has 1 saturated heterocycles. The molecule has 0 radical (unpaired) electrons. The number of aliphatic hydroxyl groups excluding tert-OH is 1. The highest BCUT2D eigenvalue weighted by atomic mass is 19.4. The molecule has 3 aromatic rings. The van der Waals surface area contributed by atoms with Crippen LogP contribution in [-0.2, 0) is 23.8 Å². The Hall–Kier alpha value is -3.69. The summed E-state index contributed by atoms with van der Waals surface area (Å²) in [5.74, 6) is -0.562. The van der Waals surface area contributed by atoms with E-state index in [2.05, 4.69) is 10.2 Å². The molecule has 1 unspecified atom stereocenters. The maximum absolute atomic E-state index is 13.4. The van der Waals surface area contributed by atoms with Gasteiger partial charge < -0.3 is 15.3 Å². The molecule has 0 saturated carbocycles. The van der Waals surface area contributed by atoms with Gasteiger partial charge in [0, 0.05) is 43.5 Å². The lowest BCUT2D eigenvalue weighted by Crippen LogP contribution is -2.52. The molecule has 0 bridgehead atoms. The van der Waals surface area contributed by atoms with Gasteiger partial charge in [0.25, 0.3) is 5.91 Å². The van der Waals surface area contributed by atoms with Crippen LogP contribution in [0.3, 0.4) is 0 Å². The first-order chi connectivity index (χ1) is 18.6. The molecule has 5 rings (SSSR count). The molecule has 0 aromatic heterocycles. The highest BCUT2D eigenvalue weighted by molar-refractivity contribution is 6.09. The van der Waals surface area contributed by atoms with E-state index in [1.807, 2.05) is 31.2 Å². The minimum Gasteiger partial charge on any atom is -0.387 e. The van der Waals surface area contributed by atoms with Gasteiger partial charge in [-0.1, -0.05) is 30.3 Å². The normalized spacial score (nSPS) is 17.7. The smallest absolute Gasteiger partial charge is 0.387 e. The molecule has 1 aliphatic heterocycles. The number of carbonyl (C=O) groups excluding carboxylic acids is 2. The molecule has 9 heteroatoms. The summed E-state index contributed by atoms with van der Waals surface area (Å²) in [6.07, 6.45) is -2.69. The number of carbonyl (C=O) groups is 2. The van der Waals surface area contributed by atoms with Crippen LogP contribution in [0.2, 0.25) is 0 Å². The zero-order valence-electron chi connectivity index (χ0n) is 21.6.